The number of fused-ring (bicyclic) bond motifs is 1. The number of aliphatic imine (C=N–C) groups is 1. The molecule has 2 rings (SSSR count). The average molecular weight is 448 g/mol. The Bertz CT molecular complexity index is 532. The van der Waals surface area contributed by atoms with Crippen LogP contribution in [0.4, 0.5) is 0 Å². The van der Waals surface area contributed by atoms with Crippen molar-refractivity contribution in [1.29, 1.82) is 0 Å². The minimum Gasteiger partial charge on any atom is -0.356 e. The minimum atomic E-state index is 0. The number of aromatic nitrogens is 3. The first-order valence-corrected chi connectivity index (χ1v) is 8.81. The van der Waals surface area contributed by atoms with Crippen molar-refractivity contribution in [2.24, 2.45) is 10.4 Å². The summed E-state index contributed by atoms with van der Waals surface area (Å²) in [6.07, 6.45) is 5.32. The molecule has 1 aliphatic rings. The molecule has 7 heteroatoms. The third-order valence-electron chi connectivity index (χ3n) is 4.18. The van der Waals surface area contributed by atoms with Crippen LogP contribution in [0.5, 0.6) is 0 Å². The van der Waals surface area contributed by atoms with Crippen LogP contribution in [0.1, 0.15) is 58.6 Å². The average Bonchev–Trinajstić information content (AvgIpc) is 2.91. The van der Waals surface area contributed by atoms with Gasteiger partial charge in [-0.3, -0.25) is 4.99 Å². The lowest BCUT2D eigenvalue weighted by Gasteiger charge is -2.25. The van der Waals surface area contributed by atoms with Gasteiger partial charge in [0.1, 0.15) is 5.82 Å². The molecule has 0 radical (unpaired) electrons. The van der Waals surface area contributed by atoms with E-state index in [1.807, 2.05) is 11.7 Å². The second-order valence-electron chi connectivity index (χ2n) is 7.52. The predicted molar refractivity (Wildman–Crippen MR) is 110 cm³/mol. The van der Waals surface area contributed by atoms with Gasteiger partial charge in [0, 0.05) is 32.5 Å². The molecule has 0 spiro atoms. The standard InChI is InChI=1S/C17H32N6.HI/c1-6-14-21-15-9-8-13(12-23(15)22-14)20-16(18-5)19-11-7-10-17(2,3)4;/h13H,6-12H2,1-5H3,(H2,18,19,20);1H. The molecular formula is C17H33IN6. The highest BCUT2D eigenvalue weighted by Crippen LogP contribution is 2.19. The van der Waals surface area contributed by atoms with Gasteiger partial charge in [-0.1, -0.05) is 27.7 Å². The van der Waals surface area contributed by atoms with Gasteiger partial charge in [-0.15, -0.1) is 24.0 Å². The fourth-order valence-corrected chi connectivity index (χ4v) is 2.84. The number of nitrogens with zero attached hydrogens (tertiary/aromatic N) is 4. The van der Waals surface area contributed by atoms with E-state index in [1.165, 1.54) is 6.42 Å². The summed E-state index contributed by atoms with van der Waals surface area (Å²) in [4.78, 5) is 8.91. The third-order valence-corrected chi connectivity index (χ3v) is 4.18. The second kappa shape index (κ2) is 9.58. The van der Waals surface area contributed by atoms with Crippen molar-refractivity contribution >= 4 is 29.9 Å². The van der Waals surface area contributed by atoms with Gasteiger partial charge in [0.15, 0.2) is 11.8 Å². The van der Waals surface area contributed by atoms with Gasteiger partial charge in [0.2, 0.25) is 0 Å². The molecular weight excluding hydrogens is 415 g/mol. The predicted octanol–water partition coefficient (Wildman–Crippen LogP) is 2.76. The van der Waals surface area contributed by atoms with Crippen LogP contribution in [0.15, 0.2) is 4.99 Å². The van der Waals surface area contributed by atoms with Gasteiger partial charge in [-0.05, 0) is 24.7 Å². The summed E-state index contributed by atoms with van der Waals surface area (Å²) in [6, 6.07) is 0.364. The van der Waals surface area contributed by atoms with Crippen LogP contribution in [0.25, 0.3) is 0 Å². The molecule has 0 fully saturated rings. The van der Waals surface area contributed by atoms with Crippen molar-refractivity contribution < 1.29 is 0 Å². The number of rotatable bonds is 5. The summed E-state index contributed by atoms with van der Waals surface area (Å²) in [5.41, 5.74) is 0.391. The van der Waals surface area contributed by atoms with E-state index in [-0.39, 0.29) is 24.0 Å². The maximum atomic E-state index is 4.56. The molecule has 0 aliphatic carbocycles. The smallest absolute Gasteiger partial charge is 0.191 e. The summed E-state index contributed by atoms with van der Waals surface area (Å²) in [5.74, 6) is 2.96. The molecule has 0 saturated heterocycles. The first-order valence-electron chi connectivity index (χ1n) is 8.81. The van der Waals surface area contributed by atoms with Crippen LogP contribution in [0, 0.1) is 5.41 Å². The van der Waals surface area contributed by atoms with Crippen LogP contribution in [0.3, 0.4) is 0 Å². The highest BCUT2D eigenvalue weighted by atomic mass is 127. The Morgan fingerprint density at radius 3 is 2.75 bits per heavy atom. The molecule has 2 N–H and O–H groups in total. The van der Waals surface area contributed by atoms with Crippen LogP contribution in [-0.4, -0.2) is 40.4 Å². The third kappa shape index (κ3) is 6.57. The van der Waals surface area contributed by atoms with Crippen molar-refractivity contribution in [1.82, 2.24) is 25.4 Å². The van der Waals surface area contributed by atoms with E-state index < -0.39 is 0 Å². The zero-order chi connectivity index (χ0) is 16.9. The van der Waals surface area contributed by atoms with Gasteiger partial charge < -0.3 is 10.6 Å². The maximum absolute atomic E-state index is 4.56. The van der Waals surface area contributed by atoms with Gasteiger partial charge in [0.05, 0.1) is 6.54 Å². The Labute approximate surface area is 163 Å². The maximum Gasteiger partial charge on any atom is 0.191 e. The number of guanidine groups is 1. The number of hydrogen-bond donors (Lipinski definition) is 2. The Kier molecular flexibility index (Phi) is 8.45. The largest absolute Gasteiger partial charge is 0.356 e. The molecule has 0 saturated carbocycles. The molecule has 2 heterocycles. The first-order chi connectivity index (χ1) is 10.9. The number of halogens is 1. The van der Waals surface area contributed by atoms with E-state index >= 15 is 0 Å². The lowest BCUT2D eigenvalue weighted by atomic mass is 9.91. The van der Waals surface area contributed by atoms with E-state index in [9.17, 15) is 0 Å². The quantitative estimate of drug-likeness (QED) is 0.315. The zero-order valence-corrected chi connectivity index (χ0v) is 18.1. The van der Waals surface area contributed by atoms with Gasteiger partial charge in [0.25, 0.3) is 0 Å². The fourth-order valence-electron chi connectivity index (χ4n) is 2.84. The Hall–Kier alpha value is -0.860. The molecule has 1 aromatic rings. The number of hydrogen-bond acceptors (Lipinski definition) is 3. The summed E-state index contributed by atoms with van der Waals surface area (Å²) in [6.45, 7) is 10.8. The van der Waals surface area contributed by atoms with Crippen molar-refractivity contribution in [2.75, 3.05) is 13.6 Å². The Balaban J connectivity index is 0.00000288. The Morgan fingerprint density at radius 2 is 2.12 bits per heavy atom. The SMILES string of the molecule is CCc1nc2n(n1)CC(NC(=NC)NCCCC(C)(C)C)CC2.I. The van der Waals surface area contributed by atoms with Crippen molar-refractivity contribution in [2.45, 2.75) is 72.4 Å². The Morgan fingerprint density at radius 1 is 1.38 bits per heavy atom. The lowest BCUT2D eigenvalue weighted by molar-refractivity contribution is 0.363. The number of nitrogens with one attached hydrogen (secondary N) is 2. The molecule has 0 amide bonds. The summed E-state index contributed by atoms with van der Waals surface area (Å²) >= 11 is 0. The van der Waals surface area contributed by atoms with E-state index in [0.29, 0.717) is 11.5 Å². The molecule has 1 atom stereocenters. The molecule has 0 bridgehead atoms. The molecule has 138 valence electrons. The highest BCUT2D eigenvalue weighted by molar-refractivity contribution is 14.0. The van der Waals surface area contributed by atoms with Crippen molar-refractivity contribution in [3.05, 3.63) is 11.6 Å². The molecule has 1 aliphatic heterocycles. The molecule has 1 aromatic heterocycles. The monoisotopic (exact) mass is 448 g/mol. The van der Waals surface area contributed by atoms with E-state index in [4.69, 9.17) is 0 Å². The van der Waals surface area contributed by atoms with Crippen LogP contribution in [0.2, 0.25) is 0 Å². The van der Waals surface area contributed by atoms with Crippen LogP contribution < -0.4 is 10.6 Å². The summed E-state index contributed by atoms with van der Waals surface area (Å²) in [5, 5.41) is 11.5. The minimum absolute atomic E-state index is 0. The van der Waals surface area contributed by atoms with Gasteiger partial charge in [-0.25, -0.2) is 9.67 Å². The molecule has 1 unspecified atom stereocenters. The van der Waals surface area contributed by atoms with Crippen LogP contribution in [-0.2, 0) is 19.4 Å². The van der Waals surface area contributed by atoms with Crippen molar-refractivity contribution in [3.63, 3.8) is 0 Å². The molecule has 24 heavy (non-hydrogen) atoms. The second-order valence-corrected chi connectivity index (χ2v) is 7.52. The summed E-state index contributed by atoms with van der Waals surface area (Å²) in [7, 11) is 1.83. The van der Waals surface area contributed by atoms with Crippen molar-refractivity contribution in [3.8, 4) is 0 Å². The van der Waals surface area contributed by atoms with Gasteiger partial charge in [-0.2, -0.15) is 5.10 Å². The molecule has 6 nitrogen and oxygen atoms in total. The van der Waals surface area contributed by atoms with E-state index in [2.05, 4.69) is 53.4 Å². The zero-order valence-electron chi connectivity index (χ0n) is 15.7. The normalized spacial score (nSPS) is 17.9. The van der Waals surface area contributed by atoms with E-state index in [0.717, 1.165) is 56.4 Å². The highest BCUT2D eigenvalue weighted by Gasteiger charge is 2.22. The van der Waals surface area contributed by atoms with E-state index in [1.54, 1.807) is 0 Å². The fraction of sp³-hybridized carbons (Fsp3) is 0.824. The van der Waals surface area contributed by atoms with Crippen LogP contribution >= 0.6 is 24.0 Å². The number of aryl methyl sites for hydroxylation is 2. The van der Waals surface area contributed by atoms with Gasteiger partial charge >= 0.3 is 0 Å². The first kappa shape index (κ1) is 21.2. The topological polar surface area (TPSA) is 67.1 Å². The summed E-state index contributed by atoms with van der Waals surface area (Å²) < 4.78 is 2.05. The lowest BCUT2D eigenvalue weighted by Crippen LogP contribution is -2.47. The molecule has 0 aromatic carbocycles.